The molecule has 0 bridgehead atoms. The van der Waals surface area contributed by atoms with Gasteiger partial charge in [0.05, 0.1) is 22.8 Å². The fourth-order valence-corrected chi connectivity index (χ4v) is 4.94. The Labute approximate surface area is 222 Å². The highest BCUT2D eigenvalue weighted by Crippen LogP contribution is 2.27. The molecule has 188 valence electrons. The molecule has 3 heteroatoms. The first-order valence-electron chi connectivity index (χ1n) is 12.9. The Balaban J connectivity index is 1.66. The van der Waals surface area contributed by atoms with E-state index in [1.54, 1.807) is 0 Å². The highest BCUT2D eigenvalue weighted by molar-refractivity contribution is 6.06. The summed E-state index contributed by atoms with van der Waals surface area (Å²) in [4.78, 5) is 10.3. The number of hydrogen-bond acceptors (Lipinski definition) is 3. The van der Waals surface area contributed by atoms with Crippen LogP contribution in [0.4, 0.5) is 11.4 Å². The minimum Gasteiger partial charge on any atom is -0.305 e. The molecule has 0 heterocycles. The normalized spacial score (nSPS) is 12.2. The largest absolute Gasteiger partial charge is 0.305 e. The standard InChI is InChI=1S/C34H37N3/c1-23-17-25(3)33(26(4)18-23)36-31(29-13-9-7-10-14-29)21-35-22-32(30-15-11-8-12-16-30)37-34-27(5)19-24(2)20-28(34)6/h7-20,35H,21-22H2,1-6H3. The van der Waals surface area contributed by atoms with E-state index < -0.39 is 0 Å². The van der Waals surface area contributed by atoms with Crippen LogP contribution in [0.15, 0.2) is 94.9 Å². The van der Waals surface area contributed by atoms with Crippen LogP contribution in [-0.2, 0) is 0 Å². The summed E-state index contributed by atoms with van der Waals surface area (Å²) < 4.78 is 0. The van der Waals surface area contributed by atoms with E-state index >= 15 is 0 Å². The van der Waals surface area contributed by atoms with Gasteiger partial charge in [-0.1, -0.05) is 96.1 Å². The zero-order chi connectivity index (χ0) is 26.4. The van der Waals surface area contributed by atoms with E-state index in [-0.39, 0.29) is 0 Å². The minimum atomic E-state index is 0.633. The molecule has 37 heavy (non-hydrogen) atoms. The maximum absolute atomic E-state index is 5.17. The van der Waals surface area contributed by atoms with Gasteiger partial charge in [-0.3, -0.25) is 9.98 Å². The molecule has 0 unspecified atom stereocenters. The van der Waals surface area contributed by atoms with Crippen LogP contribution in [0.1, 0.15) is 44.5 Å². The van der Waals surface area contributed by atoms with Crippen molar-refractivity contribution in [3.05, 3.63) is 129 Å². The molecule has 3 nitrogen and oxygen atoms in total. The average molecular weight is 488 g/mol. The van der Waals surface area contributed by atoms with Crippen molar-refractivity contribution in [3.8, 4) is 0 Å². The smallest absolute Gasteiger partial charge is 0.0692 e. The van der Waals surface area contributed by atoms with Gasteiger partial charge in [0.25, 0.3) is 0 Å². The van der Waals surface area contributed by atoms with E-state index in [9.17, 15) is 0 Å². The zero-order valence-corrected chi connectivity index (χ0v) is 22.9. The van der Waals surface area contributed by atoms with E-state index in [4.69, 9.17) is 9.98 Å². The van der Waals surface area contributed by atoms with Crippen molar-refractivity contribution in [1.29, 1.82) is 0 Å². The molecule has 4 aromatic carbocycles. The van der Waals surface area contributed by atoms with Gasteiger partial charge in [-0.05, 0) is 74.9 Å². The first-order valence-corrected chi connectivity index (χ1v) is 12.9. The Hall–Kier alpha value is -3.82. The summed E-state index contributed by atoms with van der Waals surface area (Å²) in [5, 5.41) is 3.66. The zero-order valence-electron chi connectivity index (χ0n) is 22.9. The van der Waals surface area contributed by atoms with Crippen molar-refractivity contribution in [2.45, 2.75) is 41.5 Å². The molecule has 0 aliphatic rings. The summed E-state index contributed by atoms with van der Waals surface area (Å²) in [6.07, 6.45) is 0. The molecule has 0 aliphatic carbocycles. The molecular weight excluding hydrogens is 450 g/mol. The maximum atomic E-state index is 5.17. The first kappa shape index (κ1) is 26.2. The van der Waals surface area contributed by atoms with Crippen LogP contribution in [0.25, 0.3) is 0 Å². The number of aryl methyl sites for hydroxylation is 6. The third-order valence-corrected chi connectivity index (χ3v) is 6.56. The fraction of sp³-hybridized carbons (Fsp3) is 0.235. The molecule has 0 spiro atoms. The number of rotatable bonds is 8. The topological polar surface area (TPSA) is 36.8 Å². The van der Waals surface area contributed by atoms with Gasteiger partial charge in [-0.15, -0.1) is 0 Å². The van der Waals surface area contributed by atoms with Crippen molar-refractivity contribution in [1.82, 2.24) is 5.32 Å². The maximum Gasteiger partial charge on any atom is 0.0692 e. The lowest BCUT2D eigenvalue weighted by Crippen LogP contribution is -2.29. The van der Waals surface area contributed by atoms with Gasteiger partial charge in [-0.2, -0.15) is 0 Å². The van der Waals surface area contributed by atoms with E-state index in [0.717, 1.165) is 33.9 Å². The third-order valence-electron chi connectivity index (χ3n) is 6.56. The lowest BCUT2D eigenvalue weighted by Gasteiger charge is -2.14. The van der Waals surface area contributed by atoms with Crippen molar-refractivity contribution in [2.24, 2.45) is 9.98 Å². The highest BCUT2D eigenvalue weighted by atomic mass is 14.9. The van der Waals surface area contributed by atoms with Crippen molar-refractivity contribution < 1.29 is 0 Å². The van der Waals surface area contributed by atoms with Gasteiger partial charge in [0.2, 0.25) is 0 Å². The monoisotopic (exact) mass is 487 g/mol. The van der Waals surface area contributed by atoms with Crippen LogP contribution < -0.4 is 5.32 Å². The quantitative estimate of drug-likeness (QED) is 0.251. The minimum absolute atomic E-state index is 0.633. The van der Waals surface area contributed by atoms with E-state index in [1.807, 2.05) is 12.1 Å². The summed E-state index contributed by atoms with van der Waals surface area (Å²) >= 11 is 0. The Morgan fingerprint density at radius 1 is 0.514 bits per heavy atom. The highest BCUT2D eigenvalue weighted by Gasteiger charge is 2.11. The Morgan fingerprint density at radius 2 is 0.838 bits per heavy atom. The summed E-state index contributed by atoms with van der Waals surface area (Å²) in [7, 11) is 0. The Morgan fingerprint density at radius 3 is 1.16 bits per heavy atom. The van der Waals surface area contributed by atoms with E-state index in [0.29, 0.717) is 13.1 Å². The lowest BCUT2D eigenvalue weighted by atomic mass is 10.0. The summed E-state index contributed by atoms with van der Waals surface area (Å²) in [5.41, 5.74) is 13.7. The first-order chi connectivity index (χ1) is 17.8. The summed E-state index contributed by atoms with van der Waals surface area (Å²) in [5.74, 6) is 0. The molecule has 0 amide bonds. The molecule has 0 atom stereocenters. The Bertz CT molecular complexity index is 1270. The number of nitrogens with zero attached hydrogens (tertiary/aromatic N) is 2. The van der Waals surface area contributed by atoms with Crippen LogP contribution in [0.2, 0.25) is 0 Å². The van der Waals surface area contributed by atoms with Crippen molar-refractivity contribution >= 4 is 22.8 Å². The van der Waals surface area contributed by atoms with Gasteiger partial charge in [0, 0.05) is 13.1 Å². The van der Waals surface area contributed by atoms with Gasteiger partial charge >= 0.3 is 0 Å². The average Bonchev–Trinajstić information content (AvgIpc) is 2.87. The number of hydrogen-bond donors (Lipinski definition) is 1. The second-order valence-corrected chi connectivity index (χ2v) is 9.95. The van der Waals surface area contributed by atoms with Crippen LogP contribution >= 0.6 is 0 Å². The molecule has 4 aromatic rings. The number of benzene rings is 4. The second kappa shape index (κ2) is 11.9. The van der Waals surface area contributed by atoms with Gasteiger partial charge < -0.3 is 5.32 Å². The second-order valence-electron chi connectivity index (χ2n) is 9.95. The fourth-order valence-electron chi connectivity index (χ4n) is 4.94. The lowest BCUT2D eigenvalue weighted by molar-refractivity contribution is 0.886. The van der Waals surface area contributed by atoms with E-state index in [1.165, 1.54) is 33.4 Å². The van der Waals surface area contributed by atoms with Crippen LogP contribution in [0.3, 0.4) is 0 Å². The van der Waals surface area contributed by atoms with Crippen molar-refractivity contribution in [3.63, 3.8) is 0 Å². The molecular formula is C34H37N3. The third kappa shape index (κ3) is 6.69. The van der Waals surface area contributed by atoms with Crippen molar-refractivity contribution in [2.75, 3.05) is 13.1 Å². The van der Waals surface area contributed by atoms with Gasteiger partial charge in [0.15, 0.2) is 0 Å². The molecule has 0 fully saturated rings. The summed E-state index contributed by atoms with van der Waals surface area (Å²) in [6.45, 7) is 14.1. The van der Waals surface area contributed by atoms with Crippen LogP contribution in [0.5, 0.6) is 0 Å². The van der Waals surface area contributed by atoms with E-state index in [2.05, 4.69) is 120 Å². The molecule has 4 rings (SSSR count). The SMILES string of the molecule is Cc1cc(C)c(N=C(CNCC(=Nc2c(C)cc(C)cc2C)c2ccccc2)c2ccccc2)c(C)c1. The van der Waals surface area contributed by atoms with Gasteiger partial charge in [-0.25, -0.2) is 0 Å². The number of aliphatic imine (C=N–C) groups is 2. The van der Waals surface area contributed by atoms with Gasteiger partial charge in [0.1, 0.15) is 0 Å². The summed E-state index contributed by atoms with van der Waals surface area (Å²) in [6, 6.07) is 29.7. The molecule has 1 N–H and O–H groups in total. The predicted octanol–water partition coefficient (Wildman–Crippen LogP) is 8.07. The van der Waals surface area contributed by atoms with Crippen LogP contribution in [-0.4, -0.2) is 24.5 Å². The molecule has 0 saturated carbocycles. The molecule has 0 radical (unpaired) electrons. The molecule has 0 aliphatic heterocycles. The molecule has 0 aromatic heterocycles. The Kier molecular flexibility index (Phi) is 8.47. The van der Waals surface area contributed by atoms with Crippen LogP contribution in [0, 0.1) is 41.5 Å². The number of nitrogens with one attached hydrogen (secondary N) is 1. The predicted molar refractivity (Wildman–Crippen MR) is 159 cm³/mol. The molecule has 0 saturated heterocycles.